The van der Waals surface area contributed by atoms with Crippen LogP contribution in [0.2, 0.25) is 5.02 Å². The number of carbonyl (C=O) groups excluding carboxylic acids is 1. The maximum absolute atomic E-state index is 13.2. The third kappa shape index (κ3) is 7.31. The normalized spacial score (nSPS) is 13.5. The van der Waals surface area contributed by atoms with Crippen molar-refractivity contribution in [3.63, 3.8) is 0 Å². The Labute approximate surface area is 267 Å². The number of carbonyl (C=O) groups is 1. The zero-order valence-corrected chi connectivity index (χ0v) is 26.8. The first kappa shape index (κ1) is 31.3. The molecule has 10 heteroatoms. The molecule has 226 valence electrons. The summed E-state index contributed by atoms with van der Waals surface area (Å²) in [6, 6.07) is 10.9. The van der Waals surface area contributed by atoms with Gasteiger partial charge in [0.05, 0.1) is 30.1 Å². The number of amides is 1. The van der Waals surface area contributed by atoms with Crippen LogP contribution in [0.5, 0.6) is 0 Å². The van der Waals surface area contributed by atoms with Crippen molar-refractivity contribution in [2.75, 3.05) is 13.1 Å². The predicted octanol–water partition coefficient (Wildman–Crippen LogP) is 5.95. The number of rotatable bonds is 9. The van der Waals surface area contributed by atoms with E-state index in [4.69, 9.17) is 22.3 Å². The summed E-state index contributed by atoms with van der Waals surface area (Å²) in [4.78, 5) is 22.7. The Morgan fingerprint density at radius 1 is 1.02 bits per heavy atom. The van der Waals surface area contributed by atoms with Crippen LogP contribution in [0, 0.1) is 44.5 Å². The molecule has 0 spiro atoms. The van der Waals surface area contributed by atoms with E-state index in [1.807, 2.05) is 47.9 Å². The number of aliphatic imine (C=N–C) groups is 1. The highest BCUT2D eigenvalue weighted by atomic mass is 35.5. The smallest absolute Gasteiger partial charge is 0.223 e. The van der Waals surface area contributed by atoms with Gasteiger partial charge in [0.15, 0.2) is 5.82 Å². The lowest BCUT2D eigenvalue weighted by atomic mass is 9.99. The fourth-order valence-corrected chi connectivity index (χ4v) is 6.41. The van der Waals surface area contributed by atoms with E-state index in [-0.39, 0.29) is 18.9 Å². The fraction of sp³-hybridized carbons (Fsp3) is 0.353. The number of nitrogens with one attached hydrogen (secondary N) is 2. The van der Waals surface area contributed by atoms with Crippen LogP contribution in [0.25, 0.3) is 5.00 Å². The fourth-order valence-electron chi connectivity index (χ4n) is 5.07. The molecule has 5 rings (SSSR count). The number of hydrogen-bond donors (Lipinski definition) is 3. The van der Waals surface area contributed by atoms with Gasteiger partial charge in [0.1, 0.15) is 16.9 Å². The molecule has 4 heterocycles. The SMILES string of the molecule is Cc1sc2c(c1C)C(c1ccc(Cl)cc1)=N[C@@H](CC(=O)NCC#Cc1ccc(C#CCCCCCCN)[nH]1)c1nnc(C)n1-2. The van der Waals surface area contributed by atoms with Crippen molar-refractivity contribution in [2.45, 2.75) is 65.3 Å². The summed E-state index contributed by atoms with van der Waals surface area (Å²) in [6.07, 6.45) is 5.45. The molecule has 0 radical (unpaired) electrons. The molecule has 44 heavy (non-hydrogen) atoms. The lowest BCUT2D eigenvalue weighted by Gasteiger charge is -2.12. The number of aromatic amines is 1. The molecule has 0 bridgehead atoms. The molecule has 1 atom stereocenters. The van der Waals surface area contributed by atoms with Crippen molar-refractivity contribution in [1.29, 1.82) is 0 Å². The Bertz CT molecular complexity index is 1790. The Morgan fingerprint density at radius 2 is 1.75 bits per heavy atom. The molecular formula is C34H36ClN7OS. The number of H-pyrrole nitrogens is 1. The number of benzene rings is 1. The third-order valence-corrected chi connectivity index (χ3v) is 8.94. The highest BCUT2D eigenvalue weighted by Crippen LogP contribution is 2.39. The second-order valence-electron chi connectivity index (χ2n) is 10.7. The standard InChI is InChI=1S/C34H36ClN7OS/c1-22-23(2)44-34-31(22)32(25-13-15-26(35)16-14-25)39-29(33-41-40-24(3)42(33)34)21-30(43)37-20-10-12-28-18-17-27(38-28)11-8-6-4-5-7-9-19-36/h13-18,29,38H,4-7,9,19-21,36H2,1-3H3,(H,37,43)/t29-/m0/s1. The number of nitrogens with two attached hydrogens (primary N) is 1. The summed E-state index contributed by atoms with van der Waals surface area (Å²) in [7, 11) is 0. The van der Waals surface area contributed by atoms with Gasteiger partial charge in [0, 0.05) is 27.4 Å². The van der Waals surface area contributed by atoms with Crippen LogP contribution < -0.4 is 11.1 Å². The Balaban J connectivity index is 1.27. The first-order valence-corrected chi connectivity index (χ1v) is 16.0. The molecule has 1 aliphatic rings. The molecule has 1 aliphatic heterocycles. The van der Waals surface area contributed by atoms with Crippen molar-refractivity contribution in [2.24, 2.45) is 10.7 Å². The van der Waals surface area contributed by atoms with Gasteiger partial charge in [-0.3, -0.25) is 14.4 Å². The van der Waals surface area contributed by atoms with E-state index < -0.39 is 6.04 Å². The lowest BCUT2D eigenvalue weighted by molar-refractivity contribution is -0.121. The summed E-state index contributed by atoms with van der Waals surface area (Å²) in [5.74, 6) is 13.7. The van der Waals surface area contributed by atoms with Crippen LogP contribution in [-0.4, -0.2) is 44.5 Å². The van der Waals surface area contributed by atoms with E-state index in [0.29, 0.717) is 10.8 Å². The average Bonchev–Trinajstić information content (AvgIpc) is 3.68. The quantitative estimate of drug-likeness (QED) is 0.158. The highest BCUT2D eigenvalue weighted by molar-refractivity contribution is 7.15. The first-order valence-electron chi connectivity index (χ1n) is 14.9. The first-order chi connectivity index (χ1) is 21.4. The third-order valence-electron chi connectivity index (χ3n) is 7.50. The van der Waals surface area contributed by atoms with Gasteiger partial charge in [-0.15, -0.1) is 21.5 Å². The van der Waals surface area contributed by atoms with Crippen LogP contribution in [0.3, 0.4) is 0 Å². The second-order valence-corrected chi connectivity index (χ2v) is 12.4. The molecule has 0 unspecified atom stereocenters. The average molecular weight is 626 g/mol. The molecule has 8 nitrogen and oxygen atoms in total. The van der Waals surface area contributed by atoms with Crippen LogP contribution in [-0.2, 0) is 4.79 Å². The predicted molar refractivity (Wildman–Crippen MR) is 178 cm³/mol. The van der Waals surface area contributed by atoms with Gasteiger partial charge in [-0.25, -0.2) is 0 Å². The largest absolute Gasteiger partial charge is 0.345 e. The van der Waals surface area contributed by atoms with E-state index in [1.54, 1.807) is 11.3 Å². The molecule has 0 fully saturated rings. The van der Waals surface area contributed by atoms with Crippen molar-refractivity contribution < 1.29 is 4.79 Å². The summed E-state index contributed by atoms with van der Waals surface area (Å²) < 4.78 is 2.04. The van der Waals surface area contributed by atoms with E-state index in [1.165, 1.54) is 4.88 Å². The number of halogens is 1. The summed E-state index contributed by atoms with van der Waals surface area (Å²) >= 11 is 7.88. The summed E-state index contributed by atoms with van der Waals surface area (Å²) in [5.41, 5.74) is 11.1. The van der Waals surface area contributed by atoms with Gasteiger partial charge in [0.25, 0.3) is 0 Å². The number of hydrogen-bond acceptors (Lipinski definition) is 6. The molecule has 0 saturated heterocycles. The second kappa shape index (κ2) is 14.5. The van der Waals surface area contributed by atoms with Crippen LogP contribution in [0.1, 0.15) is 89.2 Å². The van der Waals surface area contributed by atoms with Crippen molar-refractivity contribution in [3.05, 3.63) is 86.0 Å². The molecular weight excluding hydrogens is 590 g/mol. The van der Waals surface area contributed by atoms with E-state index in [0.717, 1.165) is 83.3 Å². The van der Waals surface area contributed by atoms with Crippen LogP contribution in [0.4, 0.5) is 0 Å². The van der Waals surface area contributed by atoms with Gasteiger partial charge in [-0.05, 0) is 81.8 Å². The molecule has 1 aromatic carbocycles. The number of unbranched alkanes of at least 4 members (excludes halogenated alkanes) is 4. The minimum atomic E-state index is -0.528. The van der Waals surface area contributed by atoms with Gasteiger partial charge < -0.3 is 16.0 Å². The minimum absolute atomic E-state index is 0.109. The summed E-state index contributed by atoms with van der Waals surface area (Å²) in [5, 5.41) is 13.4. The van der Waals surface area contributed by atoms with Crippen LogP contribution >= 0.6 is 22.9 Å². The zero-order chi connectivity index (χ0) is 31.1. The van der Waals surface area contributed by atoms with Gasteiger partial charge in [-0.1, -0.05) is 48.4 Å². The molecule has 0 saturated carbocycles. The van der Waals surface area contributed by atoms with Gasteiger partial charge >= 0.3 is 0 Å². The van der Waals surface area contributed by atoms with Crippen LogP contribution in [0.15, 0.2) is 41.4 Å². The number of aryl methyl sites for hydroxylation is 2. The molecule has 1 amide bonds. The Hall–Kier alpha value is -4.15. The molecule has 4 N–H and O–H groups in total. The molecule has 4 aromatic rings. The molecule has 0 aliphatic carbocycles. The Kier molecular flexibility index (Phi) is 10.3. The van der Waals surface area contributed by atoms with Crippen molar-refractivity contribution in [1.82, 2.24) is 25.1 Å². The van der Waals surface area contributed by atoms with E-state index in [9.17, 15) is 4.79 Å². The maximum atomic E-state index is 13.2. The van der Waals surface area contributed by atoms with Crippen molar-refractivity contribution >= 4 is 34.6 Å². The molecule has 3 aromatic heterocycles. The maximum Gasteiger partial charge on any atom is 0.223 e. The lowest BCUT2D eigenvalue weighted by Crippen LogP contribution is -2.25. The topological polar surface area (TPSA) is 114 Å². The number of aromatic nitrogens is 4. The number of thiophene rings is 1. The van der Waals surface area contributed by atoms with E-state index in [2.05, 4.69) is 58.0 Å². The Morgan fingerprint density at radius 3 is 2.50 bits per heavy atom. The van der Waals surface area contributed by atoms with Crippen molar-refractivity contribution in [3.8, 4) is 28.7 Å². The monoisotopic (exact) mass is 625 g/mol. The zero-order valence-electron chi connectivity index (χ0n) is 25.3. The van der Waals surface area contributed by atoms with E-state index >= 15 is 0 Å². The highest BCUT2D eigenvalue weighted by Gasteiger charge is 2.32. The number of nitrogens with zero attached hydrogens (tertiary/aromatic N) is 4. The number of fused-ring (bicyclic) bond motifs is 3. The van der Waals surface area contributed by atoms with Gasteiger partial charge in [0.2, 0.25) is 5.91 Å². The van der Waals surface area contributed by atoms with Gasteiger partial charge in [-0.2, -0.15) is 0 Å². The summed E-state index contributed by atoms with van der Waals surface area (Å²) in [6.45, 7) is 7.09. The minimum Gasteiger partial charge on any atom is -0.345 e.